The van der Waals surface area contributed by atoms with E-state index in [2.05, 4.69) is 0 Å². The van der Waals surface area contributed by atoms with Crippen LogP contribution in [0.4, 0.5) is 5.69 Å². The molecule has 0 atom stereocenters. The maximum absolute atomic E-state index is 12.4. The predicted molar refractivity (Wildman–Crippen MR) is 72.9 cm³/mol. The Morgan fingerprint density at radius 2 is 1.81 bits per heavy atom. The van der Waals surface area contributed by atoms with Gasteiger partial charge in [0.25, 0.3) is 0 Å². The van der Waals surface area contributed by atoms with Gasteiger partial charge in [-0.2, -0.15) is 0 Å². The number of ketones is 1. The summed E-state index contributed by atoms with van der Waals surface area (Å²) in [6, 6.07) is 8.39. The maximum Gasteiger partial charge on any atom is 0.352 e. The molecule has 0 saturated carbocycles. The number of aromatic hydroxyl groups is 2. The van der Waals surface area contributed by atoms with Crippen LogP contribution in [0.2, 0.25) is 0 Å². The Morgan fingerprint density at radius 1 is 1.14 bits per heavy atom. The molecule has 108 valence electrons. The van der Waals surface area contributed by atoms with Crippen molar-refractivity contribution in [3.05, 3.63) is 57.6 Å². The van der Waals surface area contributed by atoms with Gasteiger partial charge >= 0.3 is 5.69 Å². The van der Waals surface area contributed by atoms with Gasteiger partial charge in [-0.1, -0.05) is 12.1 Å². The molecule has 0 aliphatic carbocycles. The van der Waals surface area contributed by atoms with Crippen molar-refractivity contribution in [1.82, 2.24) is 0 Å². The van der Waals surface area contributed by atoms with Crippen LogP contribution in [0.3, 0.4) is 0 Å². The summed E-state index contributed by atoms with van der Waals surface area (Å²) in [4.78, 5) is 22.3. The highest BCUT2D eigenvalue weighted by Crippen LogP contribution is 2.39. The summed E-state index contributed by atoms with van der Waals surface area (Å²) in [5.41, 5.74) is -1.05. The molecule has 0 aliphatic rings. The summed E-state index contributed by atoms with van der Waals surface area (Å²) in [5, 5.41) is 30.1. The van der Waals surface area contributed by atoms with E-state index in [1.165, 1.54) is 13.2 Å². The quantitative estimate of drug-likeness (QED) is 0.507. The zero-order valence-corrected chi connectivity index (χ0v) is 10.9. The van der Waals surface area contributed by atoms with Crippen LogP contribution in [0.1, 0.15) is 15.9 Å². The zero-order chi connectivity index (χ0) is 15.6. The van der Waals surface area contributed by atoms with E-state index < -0.39 is 27.9 Å². The first-order valence-corrected chi connectivity index (χ1v) is 5.84. The summed E-state index contributed by atoms with van der Waals surface area (Å²) in [5.74, 6) is -1.96. The second kappa shape index (κ2) is 5.49. The molecule has 2 aromatic rings. The van der Waals surface area contributed by atoms with E-state index in [1.807, 2.05) is 0 Å². The number of nitrogens with zero attached hydrogens (tertiary/aromatic N) is 1. The average Bonchev–Trinajstić information content (AvgIpc) is 2.46. The number of methoxy groups -OCH3 is 1. The Labute approximate surface area is 119 Å². The topological polar surface area (TPSA) is 110 Å². The van der Waals surface area contributed by atoms with Crippen LogP contribution in [0, 0.1) is 10.1 Å². The van der Waals surface area contributed by atoms with Crippen molar-refractivity contribution in [2.24, 2.45) is 0 Å². The molecule has 7 heteroatoms. The molecule has 7 nitrogen and oxygen atoms in total. The summed E-state index contributed by atoms with van der Waals surface area (Å²) in [7, 11) is 1.38. The molecular formula is C14H11NO6. The number of hydrogen-bond acceptors (Lipinski definition) is 6. The molecule has 0 radical (unpaired) electrons. The molecule has 0 bridgehead atoms. The van der Waals surface area contributed by atoms with Gasteiger partial charge < -0.3 is 14.9 Å². The summed E-state index contributed by atoms with van der Waals surface area (Å²) in [6.45, 7) is 0. The molecular weight excluding hydrogens is 278 g/mol. The predicted octanol–water partition coefficient (Wildman–Crippen LogP) is 2.25. The van der Waals surface area contributed by atoms with Gasteiger partial charge in [0.1, 0.15) is 5.75 Å². The zero-order valence-electron chi connectivity index (χ0n) is 10.9. The number of benzene rings is 2. The number of phenolic OH excluding ortho intramolecular Hbond substituents is 2. The van der Waals surface area contributed by atoms with Crippen LogP contribution in [0.25, 0.3) is 0 Å². The largest absolute Gasteiger partial charge is 0.502 e. The van der Waals surface area contributed by atoms with E-state index in [-0.39, 0.29) is 16.9 Å². The standard InChI is InChI=1S/C14H11NO6/c1-21-11-5-3-2-4-8(11)13(17)9-6-7-10(16)12(14(9)18)15(19)20/h2-7,16,18H,1H3. The Balaban J connectivity index is 2.60. The van der Waals surface area contributed by atoms with Crippen LogP contribution >= 0.6 is 0 Å². The average molecular weight is 289 g/mol. The van der Waals surface area contributed by atoms with Crippen LogP contribution in [-0.4, -0.2) is 28.0 Å². The van der Waals surface area contributed by atoms with Crippen LogP contribution in [0.15, 0.2) is 36.4 Å². The summed E-state index contributed by atoms with van der Waals surface area (Å²) >= 11 is 0. The first-order valence-electron chi connectivity index (χ1n) is 5.84. The minimum atomic E-state index is -0.955. The number of phenols is 2. The lowest BCUT2D eigenvalue weighted by molar-refractivity contribution is -0.386. The normalized spacial score (nSPS) is 10.1. The van der Waals surface area contributed by atoms with Crippen molar-refractivity contribution in [1.29, 1.82) is 0 Å². The van der Waals surface area contributed by atoms with Crippen molar-refractivity contribution >= 4 is 11.5 Å². The molecule has 0 amide bonds. The number of nitro benzene ring substituents is 1. The van der Waals surface area contributed by atoms with Crippen molar-refractivity contribution in [3.63, 3.8) is 0 Å². The van der Waals surface area contributed by atoms with E-state index in [1.54, 1.807) is 18.2 Å². The summed E-state index contributed by atoms with van der Waals surface area (Å²) in [6.07, 6.45) is 0. The van der Waals surface area contributed by atoms with Gasteiger partial charge in [-0.25, -0.2) is 0 Å². The second-order valence-electron chi connectivity index (χ2n) is 4.12. The number of hydrogen-bond donors (Lipinski definition) is 2. The molecule has 2 rings (SSSR count). The number of nitro groups is 1. The van der Waals surface area contributed by atoms with Gasteiger partial charge in [-0.3, -0.25) is 14.9 Å². The number of carbonyl (C=O) groups is 1. The van der Waals surface area contributed by atoms with Gasteiger partial charge in [0, 0.05) is 0 Å². The minimum Gasteiger partial charge on any atom is -0.502 e. The fourth-order valence-corrected chi connectivity index (χ4v) is 1.91. The Hall–Kier alpha value is -3.09. The molecule has 0 unspecified atom stereocenters. The van der Waals surface area contributed by atoms with Crippen molar-refractivity contribution < 1.29 is 24.7 Å². The van der Waals surface area contributed by atoms with Crippen molar-refractivity contribution in [2.75, 3.05) is 7.11 Å². The van der Waals surface area contributed by atoms with Crippen LogP contribution in [-0.2, 0) is 0 Å². The minimum absolute atomic E-state index is 0.148. The fraction of sp³-hybridized carbons (Fsp3) is 0.0714. The number of para-hydroxylation sites is 1. The van der Waals surface area contributed by atoms with Gasteiger partial charge in [0.15, 0.2) is 5.75 Å². The van der Waals surface area contributed by atoms with Crippen molar-refractivity contribution in [3.8, 4) is 17.2 Å². The number of ether oxygens (including phenoxy) is 1. The van der Waals surface area contributed by atoms with Gasteiger partial charge in [-0.05, 0) is 24.3 Å². The van der Waals surface area contributed by atoms with Gasteiger partial charge in [0.05, 0.1) is 23.2 Å². The third-order valence-electron chi connectivity index (χ3n) is 2.91. The molecule has 2 aromatic carbocycles. The van der Waals surface area contributed by atoms with Crippen LogP contribution in [0.5, 0.6) is 17.2 Å². The monoisotopic (exact) mass is 289 g/mol. The highest BCUT2D eigenvalue weighted by Gasteiger charge is 2.27. The van der Waals surface area contributed by atoms with E-state index >= 15 is 0 Å². The lowest BCUT2D eigenvalue weighted by atomic mass is 10.0. The third-order valence-corrected chi connectivity index (χ3v) is 2.91. The Morgan fingerprint density at radius 3 is 2.43 bits per heavy atom. The Bertz CT molecular complexity index is 725. The lowest BCUT2D eigenvalue weighted by Gasteiger charge is -2.09. The van der Waals surface area contributed by atoms with E-state index in [0.717, 1.165) is 12.1 Å². The highest BCUT2D eigenvalue weighted by molar-refractivity contribution is 6.13. The smallest absolute Gasteiger partial charge is 0.352 e. The molecule has 0 fully saturated rings. The first kappa shape index (κ1) is 14.3. The molecule has 2 N–H and O–H groups in total. The number of carbonyl (C=O) groups excluding carboxylic acids is 1. The number of rotatable bonds is 4. The van der Waals surface area contributed by atoms with Crippen molar-refractivity contribution in [2.45, 2.75) is 0 Å². The molecule has 0 aliphatic heterocycles. The summed E-state index contributed by atoms with van der Waals surface area (Å²) < 4.78 is 5.04. The highest BCUT2D eigenvalue weighted by atomic mass is 16.6. The molecule has 0 aromatic heterocycles. The Kier molecular flexibility index (Phi) is 3.75. The second-order valence-corrected chi connectivity index (χ2v) is 4.12. The SMILES string of the molecule is COc1ccccc1C(=O)c1ccc(O)c([N+](=O)[O-])c1O. The molecule has 21 heavy (non-hydrogen) atoms. The third kappa shape index (κ3) is 2.48. The van der Waals surface area contributed by atoms with Crippen LogP contribution < -0.4 is 4.74 Å². The fourth-order valence-electron chi connectivity index (χ4n) is 1.91. The van der Waals surface area contributed by atoms with E-state index in [0.29, 0.717) is 0 Å². The maximum atomic E-state index is 12.4. The molecule has 0 spiro atoms. The molecule has 0 saturated heterocycles. The van der Waals surface area contributed by atoms with Gasteiger partial charge in [0.2, 0.25) is 11.5 Å². The van der Waals surface area contributed by atoms with E-state index in [9.17, 15) is 25.1 Å². The first-order chi connectivity index (χ1) is 9.97. The van der Waals surface area contributed by atoms with E-state index in [4.69, 9.17) is 4.74 Å². The molecule has 0 heterocycles. The van der Waals surface area contributed by atoms with Gasteiger partial charge in [-0.15, -0.1) is 0 Å². The lowest BCUT2D eigenvalue weighted by Crippen LogP contribution is -2.05.